The molecule has 6 heteroatoms. The molecule has 1 aliphatic heterocycles. The van der Waals surface area contributed by atoms with Crippen LogP contribution in [0, 0.1) is 10.1 Å². The Bertz CT molecular complexity index is 531. The van der Waals surface area contributed by atoms with E-state index in [4.69, 9.17) is 5.73 Å². The molecule has 0 fully saturated rings. The largest absolute Gasteiger partial charge is 0.330 e. The van der Waals surface area contributed by atoms with Gasteiger partial charge in [-0.05, 0) is 31.9 Å². The molecule has 2 N–H and O–H groups in total. The normalized spacial score (nSPS) is 13.3. The highest BCUT2D eigenvalue weighted by Gasteiger charge is 2.29. The quantitative estimate of drug-likeness (QED) is 0.474. The number of fused-ring (bicyclic) bond motifs is 1. The zero-order chi connectivity index (χ0) is 15.2. The molecule has 0 spiro atoms. The molecule has 6 nitrogen and oxygen atoms in total. The predicted octanol–water partition coefficient (Wildman–Crippen LogP) is 2.39. The molecule has 0 bridgehead atoms. The molecule has 1 aromatic carbocycles. The number of hydrogen-bond donors (Lipinski definition) is 1. The highest BCUT2D eigenvalue weighted by atomic mass is 16.6. The van der Waals surface area contributed by atoms with Crippen LogP contribution in [0.25, 0.3) is 0 Å². The zero-order valence-corrected chi connectivity index (χ0v) is 12.1. The van der Waals surface area contributed by atoms with E-state index < -0.39 is 0 Å². The summed E-state index contributed by atoms with van der Waals surface area (Å²) in [4.78, 5) is 24.6. The van der Waals surface area contributed by atoms with Crippen LogP contribution in [-0.4, -0.2) is 23.9 Å². The first kappa shape index (κ1) is 15.4. The lowest BCUT2D eigenvalue weighted by atomic mass is 10.1. The number of unbranched alkanes of at least 4 members (excludes halogenated alkanes) is 3. The van der Waals surface area contributed by atoms with Gasteiger partial charge >= 0.3 is 0 Å². The van der Waals surface area contributed by atoms with Gasteiger partial charge in [-0.25, -0.2) is 0 Å². The molecule has 0 saturated carbocycles. The van der Waals surface area contributed by atoms with Crippen molar-refractivity contribution in [3.05, 3.63) is 33.9 Å². The van der Waals surface area contributed by atoms with E-state index in [2.05, 4.69) is 0 Å². The molecule has 1 amide bonds. The zero-order valence-electron chi connectivity index (χ0n) is 12.1. The minimum absolute atomic E-state index is 0.0574. The lowest BCUT2D eigenvalue weighted by Crippen LogP contribution is -2.28. The maximum absolute atomic E-state index is 12.3. The van der Waals surface area contributed by atoms with Crippen molar-refractivity contribution in [2.45, 2.75) is 38.5 Å². The van der Waals surface area contributed by atoms with Gasteiger partial charge in [0.25, 0.3) is 5.69 Å². The third-order valence-electron chi connectivity index (χ3n) is 3.85. The van der Waals surface area contributed by atoms with Gasteiger partial charge in [-0.1, -0.05) is 18.9 Å². The number of carbonyl (C=O) groups excluding carboxylic acids is 1. The maximum atomic E-state index is 12.3. The number of amides is 1. The second-order valence-corrected chi connectivity index (χ2v) is 5.28. The first-order valence-electron chi connectivity index (χ1n) is 7.42. The molecule has 1 aliphatic rings. The van der Waals surface area contributed by atoms with Crippen LogP contribution in [0.15, 0.2) is 18.2 Å². The van der Waals surface area contributed by atoms with Gasteiger partial charge in [-0.3, -0.25) is 14.9 Å². The fourth-order valence-electron chi connectivity index (χ4n) is 2.76. The van der Waals surface area contributed by atoms with E-state index in [-0.39, 0.29) is 16.5 Å². The van der Waals surface area contributed by atoms with Crippen molar-refractivity contribution in [3.8, 4) is 0 Å². The van der Waals surface area contributed by atoms with Crippen molar-refractivity contribution in [3.63, 3.8) is 0 Å². The molecule has 1 aromatic rings. The van der Waals surface area contributed by atoms with Gasteiger partial charge in [-0.15, -0.1) is 0 Å². The van der Waals surface area contributed by atoms with Gasteiger partial charge < -0.3 is 10.6 Å². The standard InChI is InChI=1S/C15H21N3O3/c16-10-4-2-1-3-8-15(19)17-11-9-12-13(17)6-5-7-14(12)18(20)21/h5-7H,1-4,8-11,16H2. The van der Waals surface area contributed by atoms with Crippen molar-refractivity contribution in [1.29, 1.82) is 0 Å². The second kappa shape index (κ2) is 7.17. The number of nitro benzene ring substituents is 1. The molecule has 0 aliphatic carbocycles. The predicted molar refractivity (Wildman–Crippen MR) is 81.3 cm³/mol. The highest BCUT2D eigenvalue weighted by Crippen LogP contribution is 2.35. The van der Waals surface area contributed by atoms with Crippen LogP contribution in [0.5, 0.6) is 0 Å². The number of anilines is 1. The Morgan fingerprint density at radius 3 is 2.76 bits per heavy atom. The van der Waals surface area contributed by atoms with Gasteiger partial charge in [0.15, 0.2) is 0 Å². The van der Waals surface area contributed by atoms with Crippen molar-refractivity contribution in [2.75, 3.05) is 18.0 Å². The first-order chi connectivity index (χ1) is 10.1. The van der Waals surface area contributed by atoms with Crippen LogP contribution in [0.4, 0.5) is 11.4 Å². The molecular weight excluding hydrogens is 270 g/mol. The van der Waals surface area contributed by atoms with Crippen molar-refractivity contribution in [2.24, 2.45) is 5.73 Å². The lowest BCUT2D eigenvalue weighted by molar-refractivity contribution is -0.385. The average Bonchev–Trinajstić information content (AvgIpc) is 2.90. The van der Waals surface area contributed by atoms with E-state index in [1.54, 1.807) is 17.0 Å². The van der Waals surface area contributed by atoms with Gasteiger partial charge in [0, 0.05) is 19.0 Å². The number of nitrogens with two attached hydrogens (primary N) is 1. The summed E-state index contributed by atoms with van der Waals surface area (Å²) in [5.74, 6) is 0.0574. The Morgan fingerprint density at radius 1 is 1.29 bits per heavy atom. The van der Waals surface area contributed by atoms with Crippen LogP contribution in [-0.2, 0) is 11.2 Å². The molecule has 21 heavy (non-hydrogen) atoms. The van der Waals surface area contributed by atoms with Crippen molar-refractivity contribution in [1.82, 2.24) is 0 Å². The van der Waals surface area contributed by atoms with E-state index in [1.807, 2.05) is 0 Å². The third-order valence-corrected chi connectivity index (χ3v) is 3.85. The SMILES string of the molecule is NCCCCCCC(=O)N1CCc2c1cccc2[N+](=O)[O-]. The number of rotatable bonds is 7. The summed E-state index contributed by atoms with van der Waals surface area (Å²) in [5, 5.41) is 11.0. The van der Waals surface area contributed by atoms with Crippen LogP contribution in [0.1, 0.15) is 37.7 Å². The molecule has 0 aromatic heterocycles. The minimum Gasteiger partial charge on any atom is -0.330 e. The Morgan fingerprint density at radius 2 is 2.05 bits per heavy atom. The summed E-state index contributed by atoms with van der Waals surface area (Å²) in [6.07, 6.45) is 4.94. The van der Waals surface area contributed by atoms with E-state index in [0.29, 0.717) is 37.2 Å². The number of hydrogen-bond acceptors (Lipinski definition) is 4. The van der Waals surface area contributed by atoms with E-state index in [1.165, 1.54) is 6.07 Å². The van der Waals surface area contributed by atoms with Crippen molar-refractivity contribution >= 4 is 17.3 Å². The van der Waals surface area contributed by atoms with E-state index in [9.17, 15) is 14.9 Å². The molecule has 0 unspecified atom stereocenters. The van der Waals surface area contributed by atoms with Gasteiger partial charge in [0.1, 0.15) is 0 Å². The second-order valence-electron chi connectivity index (χ2n) is 5.28. The number of nitro groups is 1. The average molecular weight is 291 g/mol. The summed E-state index contributed by atoms with van der Waals surface area (Å²) in [5.41, 5.74) is 6.93. The Labute approximate surface area is 124 Å². The minimum atomic E-state index is -0.375. The van der Waals surface area contributed by atoms with Gasteiger partial charge in [-0.2, -0.15) is 0 Å². The molecular formula is C15H21N3O3. The highest BCUT2D eigenvalue weighted by molar-refractivity contribution is 5.96. The van der Waals surface area contributed by atoms with E-state index in [0.717, 1.165) is 25.7 Å². The molecule has 0 radical (unpaired) electrons. The molecule has 1 heterocycles. The first-order valence-corrected chi connectivity index (χ1v) is 7.42. The smallest absolute Gasteiger partial charge is 0.274 e. The topological polar surface area (TPSA) is 89.5 Å². The van der Waals surface area contributed by atoms with Gasteiger partial charge in [0.05, 0.1) is 16.2 Å². The maximum Gasteiger partial charge on any atom is 0.274 e. The summed E-state index contributed by atoms with van der Waals surface area (Å²) in [6, 6.07) is 4.94. The molecule has 0 atom stereocenters. The van der Waals surface area contributed by atoms with Crippen LogP contribution >= 0.6 is 0 Å². The summed E-state index contributed by atoms with van der Waals surface area (Å²) < 4.78 is 0. The lowest BCUT2D eigenvalue weighted by Gasteiger charge is -2.17. The van der Waals surface area contributed by atoms with E-state index >= 15 is 0 Å². The fraction of sp³-hybridized carbons (Fsp3) is 0.533. The van der Waals surface area contributed by atoms with Crippen molar-refractivity contribution < 1.29 is 9.72 Å². The summed E-state index contributed by atoms with van der Waals surface area (Å²) >= 11 is 0. The molecule has 0 saturated heterocycles. The summed E-state index contributed by atoms with van der Waals surface area (Å²) in [7, 11) is 0. The van der Waals surface area contributed by atoms with Crippen LogP contribution < -0.4 is 10.6 Å². The van der Waals surface area contributed by atoms with Gasteiger partial charge in [0.2, 0.25) is 5.91 Å². The molecule has 2 rings (SSSR count). The number of benzene rings is 1. The molecule has 114 valence electrons. The summed E-state index contributed by atoms with van der Waals surface area (Å²) in [6.45, 7) is 1.24. The fourth-order valence-corrected chi connectivity index (χ4v) is 2.76. The number of nitrogens with zero attached hydrogens (tertiary/aromatic N) is 2. The number of carbonyl (C=O) groups is 1. The third kappa shape index (κ3) is 3.58. The Kier molecular flexibility index (Phi) is 5.27. The van der Waals surface area contributed by atoms with Crippen LogP contribution in [0.2, 0.25) is 0 Å². The van der Waals surface area contributed by atoms with Crippen LogP contribution in [0.3, 0.4) is 0 Å². The Balaban J connectivity index is 1.97. The Hall–Kier alpha value is -1.95. The monoisotopic (exact) mass is 291 g/mol.